The molecule has 0 N–H and O–H groups in total. The van der Waals surface area contributed by atoms with Crippen molar-refractivity contribution in [3.63, 3.8) is 0 Å². The fourth-order valence-corrected chi connectivity index (χ4v) is 1.67. The first kappa shape index (κ1) is 16.5. The van der Waals surface area contributed by atoms with Crippen molar-refractivity contribution in [1.29, 1.82) is 0 Å². The quantitative estimate of drug-likeness (QED) is 0.267. The Labute approximate surface area is 127 Å². The van der Waals surface area contributed by atoms with Crippen molar-refractivity contribution in [3.8, 4) is 11.5 Å². The first-order chi connectivity index (χ1) is 10.9. The number of ether oxygens (including phenoxy) is 2. The molecule has 0 aliphatic heterocycles. The lowest BCUT2D eigenvalue weighted by Gasteiger charge is -2.10. The van der Waals surface area contributed by atoms with Crippen LogP contribution in [0.15, 0.2) is 30.3 Å². The molecular formula is C14H9F4NO4. The third-order valence-corrected chi connectivity index (χ3v) is 2.70. The van der Waals surface area contributed by atoms with E-state index in [0.29, 0.717) is 0 Å². The van der Waals surface area contributed by atoms with Crippen LogP contribution in [0.25, 0.3) is 0 Å². The Morgan fingerprint density at radius 2 is 1.57 bits per heavy atom. The van der Waals surface area contributed by atoms with Crippen LogP contribution in [0.5, 0.6) is 11.5 Å². The van der Waals surface area contributed by atoms with Gasteiger partial charge >= 0.3 is 0 Å². The van der Waals surface area contributed by atoms with Gasteiger partial charge in [0, 0.05) is 12.1 Å². The predicted octanol–water partition coefficient (Wildman–Crippen LogP) is 3.61. The van der Waals surface area contributed by atoms with E-state index in [9.17, 15) is 27.7 Å². The topological polar surface area (TPSA) is 61.6 Å². The molecule has 0 aliphatic rings. The van der Waals surface area contributed by atoms with Crippen LogP contribution in [0.2, 0.25) is 0 Å². The SMILES string of the molecule is O=[N+]([O-])c1cccc(OCCOc2c(F)c(F)cc(F)c2F)c1. The largest absolute Gasteiger partial charge is 0.490 e. The Kier molecular flexibility index (Phi) is 4.99. The molecule has 0 heterocycles. The van der Waals surface area contributed by atoms with Crippen molar-refractivity contribution in [1.82, 2.24) is 0 Å². The molecule has 0 unspecified atom stereocenters. The normalized spacial score (nSPS) is 10.4. The maximum atomic E-state index is 13.3. The molecule has 0 amide bonds. The summed E-state index contributed by atoms with van der Waals surface area (Å²) in [5.74, 6) is -7.53. The van der Waals surface area contributed by atoms with E-state index in [1.165, 1.54) is 18.2 Å². The Morgan fingerprint density at radius 3 is 2.17 bits per heavy atom. The fourth-order valence-electron chi connectivity index (χ4n) is 1.67. The molecule has 0 fully saturated rings. The van der Waals surface area contributed by atoms with Crippen molar-refractivity contribution < 1.29 is 32.0 Å². The molecule has 2 rings (SSSR count). The van der Waals surface area contributed by atoms with E-state index in [-0.39, 0.29) is 24.1 Å². The van der Waals surface area contributed by atoms with Gasteiger partial charge in [-0.2, -0.15) is 8.78 Å². The second-order valence-corrected chi connectivity index (χ2v) is 4.25. The molecule has 5 nitrogen and oxygen atoms in total. The van der Waals surface area contributed by atoms with Gasteiger partial charge in [-0.25, -0.2) is 8.78 Å². The molecule has 0 radical (unpaired) electrons. The van der Waals surface area contributed by atoms with E-state index in [2.05, 4.69) is 4.74 Å². The number of nitro benzene ring substituents is 1. The van der Waals surface area contributed by atoms with Crippen molar-refractivity contribution in [2.45, 2.75) is 0 Å². The van der Waals surface area contributed by atoms with Gasteiger partial charge in [-0.05, 0) is 6.07 Å². The lowest BCUT2D eigenvalue weighted by molar-refractivity contribution is -0.384. The summed E-state index contributed by atoms with van der Waals surface area (Å²) in [6.07, 6.45) is 0. The highest BCUT2D eigenvalue weighted by Gasteiger charge is 2.20. The molecule has 0 aromatic heterocycles. The molecule has 0 aliphatic carbocycles. The third kappa shape index (κ3) is 3.87. The van der Waals surface area contributed by atoms with Gasteiger partial charge in [0.15, 0.2) is 17.4 Å². The highest BCUT2D eigenvalue weighted by Crippen LogP contribution is 2.26. The molecule has 23 heavy (non-hydrogen) atoms. The van der Waals surface area contributed by atoms with Gasteiger partial charge in [0.05, 0.1) is 11.0 Å². The number of non-ortho nitro benzene ring substituents is 1. The minimum absolute atomic E-state index is 0.0666. The smallest absolute Gasteiger partial charge is 0.273 e. The van der Waals surface area contributed by atoms with E-state index in [1.807, 2.05) is 0 Å². The van der Waals surface area contributed by atoms with Gasteiger partial charge in [0.2, 0.25) is 11.6 Å². The zero-order chi connectivity index (χ0) is 17.0. The molecule has 0 saturated heterocycles. The molecule has 9 heteroatoms. The maximum Gasteiger partial charge on any atom is 0.273 e. The van der Waals surface area contributed by atoms with E-state index in [0.717, 1.165) is 6.07 Å². The van der Waals surface area contributed by atoms with Crippen LogP contribution in [0, 0.1) is 33.4 Å². The van der Waals surface area contributed by atoms with Gasteiger partial charge in [0.1, 0.15) is 19.0 Å². The fraction of sp³-hybridized carbons (Fsp3) is 0.143. The van der Waals surface area contributed by atoms with Crippen LogP contribution < -0.4 is 9.47 Å². The second-order valence-electron chi connectivity index (χ2n) is 4.25. The first-order valence-electron chi connectivity index (χ1n) is 6.23. The van der Waals surface area contributed by atoms with Gasteiger partial charge in [0.25, 0.3) is 5.69 Å². The zero-order valence-corrected chi connectivity index (χ0v) is 11.4. The lowest BCUT2D eigenvalue weighted by atomic mass is 10.3. The summed E-state index contributed by atoms with van der Waals surface area (Å²) in [7, 11) is 0. The number of rotatable bonds is 6. The average molecular weight is 331 g/mol. The summed E-state index contributed by atoms with van der Waals surface area (Å²) in [5.41, 5.74) is -0.201. The second kappa shape index (κ2) is 6.95. The molecule has 0 atom stereocenters. The summed E-state index contributed by atoms with van der Waals surface area (Å²) < 4.78 is 62.3. The molecule has 2 aromatic carbocycles. The van der Waals surface area contributed by atoms with Crippen molar-refractivity contribution >= 4 is 5.69 Å². The standard InChI is InChI=1S/C14H9F4NO4/c15-10-7-11(16)13(18)14(12(10)17)23-5-4-22-9-3-1-2-8(6-9)19(20)21/h1-3,6-7H,4-5H2. The van der Waals surface area contributed by atoms with Crippen LogP contribution in [0.4, 0.5) is 23.2 Å². The highest BCUT2D eigenvalue weighted by atomic mass is 19.2. The van der Waals surface area contributed by atoms with Crippen molar-refractivity contribution in [2.24, 2.45) is 0 Å². The summed E-state index contributed by atoms with van der Waals surface area (Å²) in [6, 6.07) is 5.27. The predicted molar refractivity (Wildman–Crippen MR) is 70.4 cm³/mol. The monoisotopic (exact) mass is 331 g/mol. The molecular weight excluding hydrogens is 322 g/mol. The molecule has 0 saturated carbocycles. The van der Waals surface area contributed by atoms with E-state index >= 15 is 0 Å². The minimum atomic E-state index is -1.65. The summed E-state index contributed by atoms with van der Waals surface area (Å²) >= 11 is 0. The van der Waals surface area contributed by atoms with Crippen LogP contribution in [0.3, 0.4) is 0 Å². The van der Waals surface area contributed by atoms with Crippen LogP contribution in [-0.4, -0.2) is 18.1 Å². The highest BCUT2D eigenvalue weighted by molar-refractivity contribution is 5.37. The van der Waals surface area contributed by atoms with E-state index < -0.39 is 40.5 Å². The molecule has 0 spiro atoms. The number of benzene rings is 2. The van der Waals surface area contributed by atoms with Crippen molar-refractivity contribution in [2.75, 3.05) is 13.2 Å². The number of halogens is 4. The Morgan fingerprint density at radius 1 is 0.957 bits per heavy atom. The number of nitrogens with zero attached hydrogens (tertiary/aromatic N) is 1. The van der Waals surface area contributed by atoms with Gasteiger partial charge in [-0.1, -0.05) is 6.07 Å². The zero-order valence-electron chi connectivity index (χ0n) is 11.4. The Balaban J connectivity index is 1.96. The summed E-state index contributed by atoms with van der Waals surface area (Å²) in [5, 5.41) is 10.6. The minimum Gasteiger partial charge on any atom is -0.490 e. The molecule has 122 valence electrons. The number of nitro groups is 1. The Hall–Kier alpha value is -2.84. The van der Waals surface area contributed by atoms with Crippen LogP contribution in [0.1, 0.15) is 0 Å². The van der Waals surface area contributed by atoms with Crippen LogP contribution in [-0.2, 0) is 0 Å². The third-order valence-electron chi connectivity index (χ3n) is 2.70. The van der Waals surface area contributed by atoms with Crippen molar-refractivity contribution in [3.05, 3.63) is 63.7 Å². The van der Waals surface area contributed by atoms with Gasteiger partial charge < -0.3 is 9.47 Å². The Bertz CT molecular complexity index is 713. The molecule has 0 bridgehead atoms. The van der Waals surface area contributed by atoms with Crippen LogP contribution >= 0.6 is 0 Å². The lowest BCUT2D eigenvalue weighted by Crippen LogP contribution is -2.12. The maximum absolute atomic E-state index is 13.3. The van der Waals surface area contributed by atoms with E-state index in [4.69, 9.17) is 4.74 Å². The van der Waals surface area contributed by atoms with Gasteiger partial charge in [-0.15, -0.1) is 0 Å². The summed E-state index contributed by atoms with van der Waals surface area (Å²) in [4.78, 5) is 9.96. The first-order valence-corrected chi connectivity index (χ1v) is 6.23. The number of hydrogen-bond acceptors (Lipinski definition) is 4. The molecule has 2 aromatic rings. The van der Waals surface area contributed by atoms with Gasteiger partial charge in [-0.3, -0.25) is 10.1 Å². The number of hydrogen-bond donors (Lipinski definition) is 0. The average Bonchev–Trinajstić information content (AvgIpc) is 2.52. The van der Waals surface area contributed by atoms with E-state index in [1.54, 1.807) is 0 Å². The summed E-state index contributed by atoms with van der Waals surface area (Å²) in [6.45, 7) is -0.683.